The van der Waals surface area contributed by atoms with Crippen LogP contribution >= 0.6 is 0 Å². The number of rotatable bonds is 13. The molecule has 0 aliphatic carbocycles. The molecule has 0 aromatic heterocycles. The lowest BCUT2D eigenvalue weighted by Crippen LogP contribution is -2.59. The summed E-state index contributed by atoms with van der Waals surface area (Å²) in [6.07, 6.45) is -0.518. The summed E-state index contributed by atoms with van der Waals surface area (Å²) in [7, 11) is 0. The van der Waals surface area contributed by atoms with E-state index in [9.17, 15) is 20.4 Å². The quantitative estimate of drug-likeness (QED) is 0.277. The van der Waals surface area contributed by atoms with Crippen molar-refractivity contribution in [3.63, 3.8) is 0 Å². The van der Waals surface area contributed by atoms with E-state index in [0.717, 1.165) is 12.8 Å². The second kappa shape index (κ2) is 12.9. The van der Waals surface area contributed by atoms with Gasteiger partial charge in [0.05, 0.1) is 19.8 Å². The molecule has 1 fully saturated rings. The van der Waals surface area contributed by atoms with Crippen molar-refractivity contribution in [2.24, 2.45) is 0 Å². The molecule has 8 heteroatoms. The molecule has 1 aliphatic rings. The van der Waals surface area contributed by atoms with Crippen LogP contribution in [-0.4, -0.2) is 88.8 Å². The maximum absolute atomic E-state index is 9.92. The fourth-order valence-electron chi connectivity index (χ4n) is 2.73. The largest absolute Gasteiger partial charge is 0.394 e. The zero-order valence-corrected chi connectivity index (χ0v) is 15.0. The molecule has 0 aromatic carbocycles. The Balaban J connectivity index is 2.13. The van der Waals surface area contributed by atoms with E-state index in [4.69, 9.17) is 19.3 Å². The van der Waals surface area contributed by atoms with Gasteiger partial charge in [-0.15, -0.1) is 0 Å². The van der Waals surface area contributed by atoms with Crippen molar-refractivity contribution in [3.05, 3.63) is 0 Å². The van der Waals surface area contributed by atoms with Gasteiger partial charge in [-0.05, 0) is 6.42 Å². The van der Waals surface area contributed by atoms with Crippen molar-refractivity contribution in [1.82, 2.24) is 0 Å². The number of aliphatic hydroxyl groups excluding tert-OH is 5. The predicted octanol–water partition coefficient (Wildman–Crippen LogP) is -0.459. The number of ether oxygens (including phenoxy) is 3. The van der Waals surface area contributed by atoms with Crippen molar-refractivity contribution in [1.29, 1.82) is 0 Å². The smallest absolute Gasteiger partial charge is 0.184 e. The number of unbranched alkanes of at least 4 members (excludes halogenated alkanes) is 5. The third-order valence-electron chi connectivity index (χ3n) is 4.28. The van der Waals surface area contributed by atoms with Crippen LogP contribution in [0.25, 0.3) is 0 Å². The van der Waals surface area contributed by atoms with Crippen molar-refractivity contribution in [2.75, 3.05) is 26.4 Å². The summed E-state index contributed by atoms with van der Waals surface area (Å²) < 4.78 is 15.6. The second-order valence-electron chi connectivity index (χ2n) is 6.52. The van der Waals surface area contributed by atoms with Crippen molar-refractivity contribution in [2.45, 2.75) is 82.3 Å². The minimum Gasteiger partial charge on any atom is -0.394 e. The van der Waals surface area contributed by atoms with E-state index in [1.54, 1.807) is 0 Å². The minimum atomic E-state index is -1.49. The number of aliphatic hydroxyl groups is 5. The molecule has 1 aliphatic heterocycles. The van der Waals surface area contributed by atoms with E-state index in [1.165, 1.54) is 25.7 Å². The standard InChI is InChI=1S/C17H34O8/c1-2-3-4-5-6-7-8-23-10-12(19)11-24-16-15(21)14(20)13(9-18)25-17(16)22/h12-22H,2-11H2,1H3/t12?,13-,14+,15+,16-,17-/m1/s1. The fourth-order valence-corrected chi connectivity index (χ4v) is 2.73. The van der Waals surface area contributed by atoms with E-state index >= 15 is 0 Å². The van der Waals surface area contributed by atoms with Gasteiger partial charge in [0.1, 0.15) is 30.5 Å². The van der Waals surface area contributed by atoms with E-state index in [2.05, 4.69) is 6.92 Å². The first-order chi connectivity index (χ1) is 12.0. The Morgan fingerprint density at radius 2 is 1.64 bits per heavy atom. The minimum absolute atomic E-state index is 0.0938. The van der Waals surface area contributed by atoms with Crippen LogP contribution < -0.4 is 0 Å². The van der Waals surface area contributed by atoms with Gasteiger partial charge >= 0.3 is 0 Å². The van der Waals surface area contributed by atoms with Gasteiger partial charge < -0.3 is 39.7 Å². The normalized spacial score (nSPS) is 31.2. The third kappa shape index (κ3) is 8.27. The molecule has 1 heterocycles. The summed E-state index contributed by atoms with van der Waals surface area (Å²) in [5, 5.41) is 48.3. The molecular weight excluding hydrogens is 332 g/mol. The van der Waals surface area contributed by atoms with Gasteiger partial charge in [-0.25, -0.2) is 0 Å². The fraction of sp³-hybridized carbons (Fsp3) is 1.00. The van der Waals surface area contributed by atoms with Crippen LogP contribution in [0.2, 0.25) is 0 Å². The lowest BCUT2D eigenvalue weighted by Gasteiger charge is -2.40. The molecule has 0 bridgehead atoms. The highest BCUT2D eigenvalue weighted by atomic mass is 16.7. The van der Waals surface area contributed by atoms with Gasteiger partial charge in [0.25, 0.3) is 0 Å². The molecule has 1 unspecified atom stereocenters. The summed E-state index contributed by atoms with van der Waals surface area (Å²) >= 11 is 0. The average molecular weight is 366 g/mol. The summed E-state index contributed by atoms with van der Waals surface area (Å²) in [5.41, 5.74) is 0. The van der Waals surface area contributed by atoms with Crippen LogP contribution in [0.4, 0.5) is 0 Å². The zero-order valence-electron chi connectivity index (χ0n) is 15.0. The SMILES string of the molecule is CCCCCCCCOCC(O)CO[C@@H]1[C@@H](O)[C@@H](O)[C@@H](CO)O[C@H]1O. The molecule has 150 valence electrons. The molecule has 0 saturated carbocycles. The van der Waals surface area contributed by atoms with Gasteiger partial charge in [-0.3, -0.25) is 0 Å². The lowest BCUT2D eigenvalue weighted by atomic mass is 9.99. The molecule has 6 atom stereocenters. The van der Waals surface area contributed by atoms with Crippen molar-refractivity contribution >= 4 is 0 Å². The van der Waals surface area contributed by atoms with E-state index in [0.29, 0.717) is 6.61 Å². The van der Waals surface area contributed by atoms with E-state index < -0.39 is 43.4 Å². The molecule has 0 radical (unpaired) electrons. The predicted molar refractivity (Wildman–Crippen MR) is 89.9 cm³/mol. The van der Waals surface area contributed by atoms with Crippen LogP contribution in [0, 0.1) is 0 Å². The highest BCUT2D eigenvalue weighted by Gasteiger charge is 2.44. The van der Waals surface area contributed by atoms with Crippen LogP contribution in [0.1, 0.15) is 45.4 Å². The van der Waals surface area contributed by atoms with Gasteiger partial charge in [0.15, 0.2) is 6.29 Å². The summed E-state index contributed by atoms with van der Waals surface area (Å²) in [5.74, 6) is 0. The second-order valence-corrected chi connectivity index (χ2v) is 6.52. The molecule has 0 amide bonds. The highest BCUT2D eigenvalue weighted by molar-refractivity contribution is 4.89. The molecule has 1 rings (SSSR count). The Hall–Kier alpha value is -0.320. The van der Waals surface area contributed by atoms with E-state index in [-0.39, 0.29) is 13.2 Å². The van der Waals surface area contributed by atoms with E-state index in [1.807, 2.05) is 0 Å². The molecule has 0 spiro atoms. The maximum Gasteiger partial charge on any atom is 0.184 e. The number of hydrogen-bond donors (Lipinski definition) is 5. The first-order valence-corrected chi connectivity index (χ1v) is 9.19. The molecule has 25 heavy (non-hydrogen) atoms. The third-order valence-corrected chi connectivity index (χ3v) is 4.28. The Bertz CT molecular complexity index is 330. The first kappa shape index (κ1) is 22.7. The Morgan fingerprint density at radius 3 is 2.32 bits per heavy atom. The van der Waals surface area contributed by atoms with Crippen LogP contribution in [0.5, 0.6) is 0 Å². The molecule has 0 aromatic rings. The van der Waals surface area contributed by atoms with Gasteiger partial charge in [0, 0.05) is 6.61 Å². The topological polar surface area (TPSA) is 129 Å². The van der Waals surface area contributed by atoms with Gasteiger partial charge in [-0.2, -0.15) is 0 Å². The van der Waals surface area contributed by atoms with Crippen molar-refractivity contribution < 1.29 is 39.7 Å². The summed E-state index contributed by atoms with van der Waals surface area (Å²) in [6.45, 7) is 2.14. The molecule has 8 nitrogen and oxygen atoms in total. The molecular formula is C17H34O8. The average Bonchev–Trinajstić information content (AvgIpc) is 2.60. The maximum atomic E-state index is 9.92. The van der Waals surface area contributed by atoms with Crippen LogP contribution in [0.3, 0.4) is 0 Å². The van der Waals surface area contributed by atoms with Crippen LogP contribution in [0.15, 0.2) is 0 Å². The van der Waals surface area contributed by atoms with Gasteiger partial charge in [-0.1, -0.05) is 39.0 Å². The monoisotopic (exact) mass is 366 g/mol. The van der Waals surface area contributed by atoms with Crippen molar-refractivity contribution in [3.8, 4) is 0 Å². The zero-order chi connectivity index (χ0) is 18.7. The Morgan fingerprint density at radius 1 is 0.960 bits per heavy atom. The Kier molecular flexibility index (Phi) is 11.8. The first-order valence-electron chi connectivity index (χ1n) is 9.19. The number of hydrogen-bond acceptors (Lipinski definition) is 8. The highest BCUT2D eigenvalue weighted by Crippen LogP contribution is 2.22. The molecule has 5 N–H and O–H groups in total. The summed E-state index contributed by atoms with van der Waals surface area (Å²) in [6, 6.07) is 0. The van der Waals surface area contributed by atoms with Crippen LogP contribution in [-0.2, 0) is 14.2 Å². The Labute approximate surface area is 149 Å². The summed E-state index contributed by atoms with van der Waals surface area (Å²) in [4.78, 5) is 0. The lowest BCUT2D eigenvalue weighted by molar-refractivity contribution is -0.299. The molecule has 1 saturated heterocycles. The van der Waals surface area contributed by atoms with Gasteiger partial charge in [0.2, 0.25) is 0 Å².